The molecule has 1 aliphatic carbocycles. The fourth-order valence-corrected chi connectivity index (χ4v) is 5.29. The number of benzene rings is 3. The monoisotopic (exact) mass is 472 g/mol. The Hall–Kier alpha value is -3.38. The van der Waals surface area contributed by atoms with Crippen molar-refractivity contribution < 1.29 is 14.3 Å². The number of allylic oxidation sites excluding steroid dienone is 1. The van der Waals surface area contributed by atoms with E-state index in [1.54, 1.807) is 26.0 Å². The number of hydrogen-bond acceptors (Lipinski definition) is 6. The lowest BCUT2D eigenvalue weighted by Gasteiger charge is -2.30. The second-order valence-corrected chi connectivity index (χ2v) is 9.44. The normalized spacial score (nSPS) is 19.3. The molecule has 6 heteroatoms. The molecule has 2 N–H and O–H groups in total. The van der Waals surface area contributed by atoms with Crippen molar-refractivity contribution in [3.63, 3.8) is 0 Å². The van der Waals surface area contributed by atoms with Gasteiger partial charge in [0.2, 0.25) is 0 Å². The molecule has 2 unspecified atom stereocenters. The minimum Gasteiger partial charge on any atom is -0.493 e. The topological polar surface area (TPSA) is 59.6 Å². The number of anilines is 2. The van der Waals surface area contributed by atoms with E-state index in [9.17, 15) is 4.79 Å². The summed E-state index contributed by atoms with van der Waals surface area (Å²) in [5.41, 5.74) is 5.94. The van der Waals surface area contributed by atoms with Crippen LogP contribution in [0.1, 0.15) is 35.9 Å². The van der Waals surface area contributed by atoms with Gasteiger partial charge in [-0.25, -0.2) is 0 Å². The van der Waals surface area contributed by atoms with Gasteiger partial charge in [0.25, 0.3) is 0 Å². The molecule has 2 atom stereocenters. The molecule has 0 saturated carbocycles. The molecule has 5 nitrogen and oxygen atoms in total. The number of ketones is 1. The Labute approximate surface area is 204 Å². The lowest BCUT2D eigenvalue weighted by atomic mass is 9.78. The van der Waals surface area contributed by atoms with Crippen molar-refractivity contribution in [2.45, 2.75) is 29.7 Å². The van der Waals surface area contributed by atoms with Crippen molar-refractivity contribution >= 4 is 28.9 Å². The fraction of sp³-hybridized carbons (Fsp3) is 0.250. The highest BCUT2D eigenvalue weighted by atomic mass is 32.2. The summed E-state index contributed by atoms with van der Waals surface area (Å²) < 4.78 is 10.9. The smallest absolute Gasteiger partial charge is 0.163 e. The molecule has 0 saturated heterocycles. The van der Waals surface area contributed by atoms with Gasteiger partial charge in [-0.1, -0.05) is 30.3 Å². The first-order valence-electron chi connectivity index (χ1n) is 11.4. The van der Waals surface area contributed by atoms with Gasteiger partial charge in [-0.2, -0.15) is 0 Å². The number of Topliss-reactive ketones (excluding diaryl/α,β-unsaturated/α-hetero) is 1. The zero-order chi connectivity index (χ0) is 23.7. The maximum Gasteiger partial charge on any atom is 0.163 e. The van der Waals surface area contributed by atoms with Crippen LogP contribution in [0.2, 0.25) is 0 Å². The van der Waals surface area contributed by atoms with Gasteiger partial charge in [0.15, 0.2) is 17.3 Å². The molecule has 0 radical (unpaired) electrons. The molecular formula is C28H28N2O3S. The van der Waals surface area contributed by atoms with Crippen LogP contribution in [0.25, 0.3) is 0 Å². The van der Waals surface area contributed by atoms with Crippen LogP contribution in [0, 0.1) is 0 Å². The van der Waals surface area contributed by atoms with Crippen LogP contribution < -0.4 is 20.1 Å². The van der Waals surface area contributed by atoms with Crippen LogP contribution in [0.3, 0.4) is 0 Å². The fourth-order valence-electron chi connectivity index (χ4n) is 4.88. The van der Waals surface area contributed by atoms with Gasteiger partial charge in [0, 0.05) is 22.6 Å². The quantitative estimate of drug-likeness (QED) is 0.419. The molecule has 174 valence electrons. The van der Waals surface area contributed by atoms with Gasteiger partial charge in [-0.05, 0) is 66.1 Å². The summed E-state index contributed by atoms with van der Waals surface area (Å²) >= 11 is 1.71. The van der Waals surface area contributed by atoms with Crippen LogP contribution >= 0.6 is 11.8 Å². The summed E-state index contributed by atoms with van der Waals surface area (Å²) in [6, 6.07) is 22.3. The highest BCUT2D eigenvalue weighted by Gasteiger charge is 2.36. The zero-order valence-corrected chi connectivity index (χ0v) is 20.4. The van der Waals surface area contributed by atoms with Crippen molar-refractivity contribution in [1.82, 2.24) is 0 Å². The van der Waals surface area contributed by atoms with E-state index < -0.39 is 0 Å². The summed E-state index contributed by atoms with van der Waals surface area (Å²) in [4.78, 5) is 14.9. The minimum atomic E-state index is -0.207. The third-order valence-corrected chi connectivity index (χ3v) is 7.38. The first-order chi connectivity index (χ1) is 16.6. The second kappa shape index (κ2) is 9.47. The Balaban J connectivity index is 1.56. The second-order valence-electron chi connectivity index (χ2n) is 8.56. The highest BCUT2D eigenvalue weighted by Crippen LogP contribution is 2.45. The van der Waals surface area contributed by atoms with Crippen LogP contribution in [-0.4, -0.2) is 26.3 Å². The predicted molar refractivity (Wildman–Crippen MR) is 138 cm³/mol. The van der Waals surface area contributed by atoms with E-state index in [2.05, 4.69) is 53.3 Å². The predicted octanol–water partition coefficient (Wildman–Crippen LogP) is 6.41. The molecule has 34 heavy (non-hydrogen) atoms. The Morgan fingerprint density at radius 1 is 0.853 bits per heavy atom. The maximum absolute atomic E-state index is 13.7. The summed E-state index contributed by atoms with van der Waals surface area (Å²) in [6.07, 6.45) is 3.26. The van der Waals surface area contributed by atoms with Gasteiger partial charge in [0.1, 0.15) is 0 Å². The summed E-state index contributed by atoms with van der Waals surface area (Å²) in [5.74, 6) is 1.59. The number of para-hydroxylation sites is 2. The Morgan fingerprint density at radius 3 is 2.26 bits per heavy atom. The van der Waals surface area contributed by atoms with Crippen molar-refractivity contribution in [2.24, 2.45) is 0 Å². The molecule has 0 aromatic heterocycles. The lowest BCUT2D eigenvalue weighted by Crippen LogP contribution is -2.26. The van der Waals surface area contributed by atoms with Crippen LogP contribution in [0.4, 0.5) is 11.4 Å². The molecule has 3 aromatic carbocycles. The largest absolute Gasteiger partial charge is 0.493 e. The molecule has 1 aliphatic heterocycles. The third-order valence-electron chi connectivity index (χ3n) is 6.64. The number of carbonyl (C=O) groups excluding carboxylic acids is 1. The molecule has 0 bridgehead atoms. The number of hydrogen-bond donors (Lipinski definition) is 2. The number of nitrogens with one attached hydrogen (secondary N) is 2. The number of ether oxygens (including phenoxy) is 2. The Bertz CT molecular complexity index is 1250. The van der Waals surface area contributed by atoms with E-state index in [0.717, 1.165) is 40.2 Å². The average Bonchev–Trinajstić information content (AvgIpc) is 3.05. The lowest BCUT2D eigenvalue weighted by molar-refractivity contribution is -0.116. The van der Waals surface area contributed by atoms with E-state index in [0.29, 0.717) is 17.9 Å². The molecule has 3 aromatic rings. The van der Waals surface area contributed by atoms with Crippen molar-refractivity contribution in [2.75, 3.05) is 31.1 Å². The van der Waals surface area contributed by atoms with E-state index >= 15 is 0 Å². The van der Waals surface area contributed by atoms with Gasteiger partial charge < -0.3 is 20.1 Å². The molecule has 1 heterocycles. The Morgan fingerprint density at radius 2 is 1.56 bits per heavy atom. The van der Waals surface area contributed by atoms with Gasteiger partial charge in [-0.3, -0.25) is 4.79 Å². The van der Waals surface area contributed by atoms with Gasteiger partial charge in [-0.15, -0.1) is 11.8 Å². The van der Waals surface area contributed by atoms with Gasteiger partial charge >= 0.3 is 0 Å². The van der Waals surface area contributed by atoms with Crippen LogP contribution in [0.5, 0.6) is 11.5 Å². The summed E-state index contributed by atoms with van der Waals surface area (Å²) in [6.45, 7) is 0. The van der Waals surface area contributed by atoms with E-state index in [4.69, 9.17) is 9.47 Å². The number of thioether (sulfide) groups is 1. The number of methoxy groups -OCH3 is 2. The Kier molecular flexibility index (Phi) is 6.24. The first kappa shape index (κ1) is 22.4. The number of fused-ring (bicyclic) bond motifs is 1. The van der Waals surface area contributed by atoms with Crippen LogP contribution in [0.15, 0.2) is 82.9 Å². The molecule has 0 spiro atoms. The molecule has 2 aliphatic rings. The molecule has 0 fully saturated rings. The summed E-state index contributed by atoms with van der Waals surface area (Å²) in [5, 5.41) is 7.25. The minimum absolute atomic E-state index is 0.0586. The van der Waals surface area contributed by atoms with E-state index in [-0.39, 0.29) is 17.7 Å². The third kappa shape index (κ3) is 4.14. The van der Waals surface area contributed by atoms with Crippen molar-refractivity contribution in [1.29, 1.82) is 0 Å². The molecule has 0 amide bonds. The van der Waals surface area contributed by atoms with E-state index in [1.807, 2.05) is 30.3 Å². The zero-order valence-electron chi connectivity index (χ0n) is 19.6. The van der Waals surface area contributed by atoms with E-state index in [1.165, 1.54) is 4.90 Å². The number of carbonyl (C=O) groups is 1. The van der Waals surface area contributed by atoms with Crippen molar-refractivity contribution in [3.8, 4) is 11.5 Å². The molecular weight excluding hydrogens is 444 g/mol. The van der Waals surface area contributed by atoms with Gasteiger partial charge in [0.05, 0.1) is 31.6 Å². The average molecular weight is 473 g/mol. The molecule has 5 rings (SSSR count). The number of rotatable bonds is 5. The van der Waals surface area contributed by atoms with Crippen molar-refractivity contribution in [3.05, 3.63) is 89.1 Å². The maximum atomic E-state index is 13.7. The highest BCUT2D eigenvalue weighted by molar-refractivity contribution is 7.98. The SMILES string of the molecule is COc1ccc(C2CC(=O)C3=C(C2)Nc2ccccc2NC3c2ccc(SC)cc2)cc1OC. The van der Waals surface area contributed by atoms with Crippen LogP contribution in [-0.2, 0) is 4.79 Å². The summed E-state index contributed by atoms with van der Waals surface area (Å²) in [7, 11) is 3.27. The first-order valence-corrected chi connectivity index (χ1v) is 12.6. The standard InChI is InChI=1S/C28H28N2O3S/c1-32-25-13-10-18(16-26(25)33-2)19-14-23-27(24(31)15-19)28(17-8-11-20(34-3)12-9-17)30-22-7-5-4-6-21(22)29-23/h4-13,16,19,28-30H,14-15H2,1-3H3.